The molecule has 0 aliphatic carbocycles. The van der Waals surface area contributed by atoms with Gasteiger partial charge in [0.05, 0.1) is 12.8 Å². The molecule has 0 saturated carbocycles. The van der Waals surface area contributed by atoms with Gasteiger partial charge in [-0.1, -0.05) is 32.0 Å². The number of hydrogen-bond acceptors (Lipinski definition) is 7. The number of nitrogens with two attached hydrogens (primary N) is 2. The Hall–Kier alpha value is -3.99. The van der Waals surface area contributed by atoms with Gasteiger partial charge >= 0.3 is 0 Å². The molecule has 3 amide bonds. The number of amides is 3. The van der Waals surface area contributed by atoms with Crippen molar-refractivity contribution >= 4 is 40.6 Å². The first-order chi connectivity index (χ1) is 17.1. The molecule has 5 N–H and O–H groups in total. The number of methoxy groups -OCH3 is 1. The van der Waals surface area contributed by atoms with E-state index < -0.39 is 29.6 Å². The Morgan fingerprint density at radius 1 is 1.17 bits per heavy atom. The second kappa shape index (κ2) is 11.6. The summed E-state index contributed by atoms with van der Waals surface area (Å²) in [7, 11) is 1.47. The first-order valence-corrected chi connectivity index (χ1v) is 12.0. The molecule has 0 radical (unpaired) electrons. The average Bonchev–Trinajstić information content (AvgIpc) is 3.24. The fraction of sp³-hybridized carbons (Fsp3) is 0.280. The van der Waals surface area contributed by atoms with Crippen LogP contribution in [0.3, 0.4) is 0 Å². The summed E-state index contributed by atoms with van der Waals surface area (Å²) < 4.78 is 23.0. The molecular weight excluding hydrogens is 485 g/mol. The summed E-state index contributed by atoms with van der Waals surface area (Å²) in [6, 6.07) is 10.7. The van der Waals surface area contributed by atoms with Gasteiger partial charge in [-0.05, 0) is 53.7 Å². The number of benzene rings is 2. The smallest absolute Gasteiger partial charge is 0.273 e. The van der Waals surface area contributed by atoms with Crippen LogP contribution in [0.25, 0.3) is 0 Å². The number of nitrogens with zero attached hydrogens (tertiary/aromatic N) is 2. The highest BCUT2D eigenvalue weighted by molar-refractivity contribution is 7.09. The van der Waals surface area contributed by atoms with Crippen molar-refractivity contribution in [1.82, 2.24) is 9.69 Å². The largest absolute Gasteiger partial charge is 0.497 e. The summed E-state index contributed by atoms with van der Waals surface area (Å²) >= 11 is 0.704. The molecule has 2 aromatic carbocycles. The number of anilines is 2. The first-order valence-electron chi connectivity index (χ1n) is 11.2. The van der Waals surface area contributed by atoms with Crippen molar-refractivity contribution in [1.29, 1.82) is 0 Å². The fourth-order valence-electron chi connectivity index (χ4n) is 3.53. The van der Waals surface area contributed by atoms with Crippen LogP contribution in [0.2, 0.25) is 0 Å². The van der Waals surface area contributed by atoms with Gasteiger partial charge in [0.1, 0.15) is 22.5 Å². The molecule has 9 nitrogen and oxygen atoms in total. The van der Waals surface area contributed by atoms with Crippen LogP contribution >= 0.6 is 11.5 Å². The predicted molar refractivity (Wildman–Crippen MR) is 136 cm³/mol. The maximum absolute atomic E-state index is 13.9. The number of aromatic nitrogens is 1. The second-order valence-corrected chi connectivity index (χ2v) is 9.22. The maximum atomic E-state index is 13.9. The molecule has 190 valence electrons. The van der Waals surface area contributed by atoms with Crippen molar-refractivity contribution in [3.05, 3.63) is 70.5 Å². The van der Waals surface area contributed by atoms with E-state index in [4.69, 9.17) is 16.2 Å². The van der Waals surface area contributed by atoms with Gasteiger partial charge in [0.25, 0.3) is 11.8 Å². The van der Waals surface area contributed by atoms with Crippen molar-refractivity contribution in [3.8, 4) is 5.75 Å². The summed E-state index contributed by atoms with van der Waals surface area (Å²) in [5.41, 5.74) is 11.7. The van der Waals surface area contributed by atoms with E-state index >= 15 is 0 Å². The molecule has 1 aromatic heterocycles. The van der Waals surface area contributed by atoms with Crippen LogP contribution in [0.1, 0.15) is 52.0 Å². The van der Waals surface area contributed by atoms with Crippen LogP contribution in [0, 0.1) is 11.7 Å². The molecule has 0 fully saturated rings. The van der Waals surface area contributed by atoms with Crippen molar-refractivity contribution < 1.29 is 23.5 Å². The zero-order valence-corrected chi connectivity index (χ0v) is 21.0. The minimum atomic E-state index is -1.20. The van der Waals surface area contributed by atoms with Crippen LogP contribution in [0.15, 0.2) is 48.5 Å². The van der Waals surface area contributed by atoms with Gasteiger partial charge in [0, 0.05) is 18.3 Å². The molecule has 3 aromatic rings. The second-order valence-electron chi connectivity index (χ2n) is 8.44. The Balaban J connectivity index is 2.17. The number of halogens is 1. The van der Waals surface area contributed by atoms with Crippen LogP contribution in [-0.4, -0.2) is 35.7 Å². The zero-order chi connectivity index (χ0) is 26.4. The van der Waals surface area contributed by atoms with Crippen LogP contribution in [0.4, 0.5) is 15.8 Å². The summed E-state index contributed by atoms with van der Waals surface area (Å²) in [6.45, 7) is 4.43. The Morgan fingerprint density at radius 3 is 2.44 bits per heavy atom. The normalized spacial score (nSPS) is 11.7. The Kier molecular flexibility index (Phi) is 8.59. The number of hydrogen-bond donors (Lipinski definition) is 3. The van der Waals surface area contributed by atoms with Crippen LogP contribution in [0.5, 0.6) is 5.75 Å². The average molecular weight is 514 g/mol. The topological polar surface area (TPSA) is 141 Å². The fourth-order valence-corrected chi connectivity index (χ4v) is 4.27. The van der Waals surface area contributed by atoms with Gasteiger partial charge < -0.3 is 21.5 Å². The highest BCUT2D eigenvalue weighted by Crippen LogP contribution is 2.34. The van der Waals surface area contributed by atoms with Crippen molar-refractivity contribution in [3.63, 3.8) is 0 Å². The van der Waals surface area contributed by atoms with E-state index in [2.05, 4.69) is 9.69 Å². The minimum absolute atomic E-state index is 0.0614. The molecule has 1 atom stereocenters. The summed E-state index contributed by atoms with van der Waals surface area (Å²) in [5, 5.41) is 2.88. The number of carbonyl (C=O) groups is 3. The number of rotatable bonds is 10. The quantitative estimate of drug-likeness (QED) is 0.379. The van der Waals surface area contributed by atoms with Gasteiger partial charge in [-0.2, -0.15) is 4.37 Å². The van der Waals surface area contributed by atoms with E-state index in [1.807, 2.05) is 13.8 Å². The standard InChI is InChI=1S/C25H28FN5O4S/c1-14(2)11-12-29-24(33)21(15-7-9-16(26)10-8-15)31(17-5-4-6-18(13-17)35-3)25(34)22-19(27)20(23(28)32)30-36-22/h4-10,13-14,21H,11-12,27H2,1-3H3,(H2,28,32)(H,29,33)/t21-/m0/s1. The number of primary amides is 1. The van der Waals surface area contributed by atoms with Crippen LogP contribution in [-0.2, 0) is 4.79 Å². The van der Waals surface area contributed by atoms with Gasteiger partial charge in [-0.3, -0.25) is 19.3 Å². The predicted octanol–water partition coefficient (Wildman–Crippen LogP) is 3.52. The highest BCUT2D eigenvalue weighted by atomic mass is 32.1. The lowest BCUT2D eigenvalue weighted by Crippen LogP contribution is -2.44. The van der Waals surface area contributed by atoms with E-state index in [9.17, 15) is 18.8 Å². The van der Waals surface area contributed by atoms with E-state index in [0.717, 1.165) is 6.42 Å². The van der Waals surface area contributed by atoms with Crippen molar-refractivity contribution in [2.24, 2.45) is 11.7 Å². The molecule has 0 saturated heterocycles. The molecule has 36 heavy (non-hydrogen) atoms. The van der Waals surface area contributed by atoms with Gasteiger partial charge in [-0.25, -0.2) is 4.39 Å². The Morgan fingerprint density at radius 2 is 1.86 bits per heavy atom. The number of nitrogens with one attached hydrogen (secondary N) is 1. The van der Waals surface area contributed by atoms with Gasteiger partial charge in [0.15, 0.2) is 5.69 Å². The molecule has 1 heterocycles. The zero-order valence-electron chi connectivity index (χ0n) is 20.2. The molecule has 0 bridgehead atoms. The molecule has 0 spiro atoms. The number of nitrogen functional groups attached to an aromatic ring is 1. The summed E-state index contributed by atoms with van der Waals surface area (Å²) in [5.74, 6) is -1.74. The molecule has 0 aliphatic heterocycles. The highest BCUT2D eigenvalue weighted by Gasteiger charge is 2.36. The van der Waals surface area contributed by atoms with Crippen molar-refractivity contribution in [2.45, 2.75) is 26.3 Å². The third kappa shape index (κ3) is 5.98. The third-order valence-corrected chi connectivity index (χ3v) is 6.27. The molecule has 0 aliphatic rings. The van der Waals surface area contributed by atoms with E-state index in [1.165, 1.54) is 36.3 Å². The third-order valence-electron chi connectivity index (χ3n) is 5.42. The molecular formula is C25H28FN5O4S. The maximum Gasteiger partial charge on any atom is 0.273 e. The first kappa shape index (κ1) is 26.6. The summed E-state index contributed by atoms with van der Waals surface area (Å²) in [6.07, 6.45) is 0.721. The molecule has 0 unspecified atom stereocenters. The number of ether oxygens (including phenoxy) is 1. The van der Waals surface area contributed by atoms with E-state index in [-0.39, 0.29) is 16.3 Å². The van der Waals surface area contributed by atoms with E-state index in [1.54, 1.807) is 24.3 Å². The molecule has 11 heteroatoms. The monoisotopic (exact) mass is 513 g/mol. The van der Waals surface area contributed by atoms with Crippen LogP contribution < -0.4 is 26.4 Å². The molecule has 3 rings (SSSR count). The lowest BCUT2D eigenvalue weighted by atomic mass is 10.0. The Bertz CT molecular complexity index is 1250. The Labute approximate surface area is 212 Å². The summed E-state index contributed by atoms with van der Waals surface area (Å²) in [4.78, 5) is 40.4. The SMILES string of the molecule is COc1cccc(N(C(=O)c2snc(C(N)=O)c2N)[C@H](C(=O)NCCC(C)C)c2ccc(F)cc2)c1. The van der Waals surface area contributed by atoms with Crippen molar-refractivity contribution in [2.75, 3.05) is 24.3 Å². The van der Waals surface area contributed by atoms with Gasteiger partial charge in [0.2, 0.25) is 5.91 Å². The minimum Gasteiger partial charge on any atom is -0.497 e. The lowest BCUT2D eigenvalue weighted by molar-refractivity contribution is -0.122. The lowest BCUT2D eigenvalue weighted by Gasteiger charge is -2.31. The number of carbonyl (C=O) groups excluding carboxylic acids is 3. The van der Waals surface area contributed by atoms with E-state index in [0.29, 0.717) is 41.0 Å². The van der Waals surface area contributed by atoms with Gasteiger partial charge in [-0.15, -0.1) is 0 Å².